The fourth-order valence-electron chi connectivity index (χ4n) is 2.81. The average Bonchev–Trinajstić information content (AvgIpc) is 3.17. The normalized spacial score (nSPS) is 12.0. The summed E-state index contributed by atoms with van der Waals surface area (Å²) in [6, 6.07) is 4.98. The molecule has 0 radical (unpaired) electrons. The van der Waals surface area contributed by atoms with Crippen LogP contribution in [0.25, 0.3) is 5.69 Å². The molecule has 0 spiro atoms. The first-order valence-electron chi connectivity index (χ1n) is 7.80. The van der Waals surface area contributed by atoms with E-state index in [2.05, 4.69) is 31.3 Å². The lowest BCUT2D eigenvalue weighted by Crippen LogP contribution is -2.31. The summed E-state index contributed by atoms with van der Waals surface area (Å²) in [5.74, 6) is 0.701. The van der Waals surface area contributed by atoms with Gasteiger partial charge in [-0.3, -0.25) is 0 Å². The van der Waals surface area contributed by atoms with Gasteiger partial charge in [-0.15, -0.1) is 5.10 Å². The standard InChI is InChI=1S/C16H19N7O2/c1-9-7-13(5-6-14(9)23-8-17-21-22-23)19-16(24)18-10(2)15-11(3)20-25-12(15)4/h5-8,10H,1-4H3,(H2,18,19,24). The predicted octanol–water partition coefficient (Wildman–Crippen LogP) is 2.46. The van der Waals surface area contributed by atoms with Gasteiger partial charge in [-0.2, -0.15) is 0 Å². The fourth-order valence-corrected chi connectivity index (χ4v) is 2.81. The lowest BCUT2D eigenvalue weighted by Gasteiger charge is -2.15. The molecule has 2 amide bonds. The molecule has 1 aromatic carbocycles. The van der Waals surface area contributed by atoms with E-state index >= 15 is 0 Å². The molecule has 2 N–H and O–H groups in total. The third-order valence-electron chi connectivity index (χ3n) is 3.92. The first-order valence-corrected chi connectivity index (χ1v) is 7.80. The zero-order valence-electron chi connectivity index (χ0n) is 14.4. The van der Waals surface area contributed by atoms with Crippen LogP contribution >= 0.6 is 0 Å². The Kier molecular flexibility index (Phi) is 4.46. The molecule has 130 valence electrons. The van der Waals surface area contributed by atoms with Crippen molar-refractivity contribution in [3.8, 4) is 5.69 Å². The van der Waals surface area contributed by atoms with Gasteiger partial charge in [0.2, 0.25) is 0 Å². The molecule has 3 rings (SSSR count). The number of amides is 2. The highest BCUT2D eigenvalue weighted by molar-refractivity contribution is 5.89. The topological polar surface area (TPSA) is 111 Å². The number of aryl methyl sites for hydroxylation is 3. The van der Waals surface area contributed by atoms with Gasteiger partial charge in [0.15, 0.2) is 0 Å². The average molecular weight is 341 g/mol. The van der Waals surface area contributed by atoms with Crippen LogP contribution in [0.5, 0.6) is 0 Å². The predicted molar refractivity (Wildman–Crippen MR) is 90.4 cm³/mol. The second-order valence-corrected chi connectivity index (χ2v) is 5.81. The van der Waals surface area contributed by atoms with E-state index in [1.165, 1.54) is 6.33 Å². The van der Waals surface area contributed by atoms with E-state index in [9.17, 15) is 4.79 Å². The molecule has 2 heterocycles. The number of nitrogens with zero attached hydrogens (tertiary/aromatic N) is 5. The number of carbonyl (C=O) groups is 1. The van der Waals surface area contributed by atoms with Crippen LogP contribution in [0.2, 0.25) is 0 Å². The molecule has 2 aromatic heterocycles. The van der Waals surface area contributed by atoms with Crippen LogP contribution in [0.3, 0.4) is 0 Å². The molecule has 1 atom stereocenters. The zero-order chi connectivity index (χ0) is 18.0. The van der Waals surface area contributed by atoms with Crippen molar-refractivity contribution in [2.75, 3.05) is 5.32 Å². The van der Waals surface area contributed by atoms with Crippen LogP contribution in [0.1, 0.15) is 35.5 Å². The van der Waals surface area contributed by atoms with Gasteiger partial charge in [-0.05, 0) is 61.9 Å². The minimum Gasteiger partial charge on any atom is -0.361 e. The SMILES string of the molecule is Cc1cc(NC(=O)NC(C)c2c(C)noc2C)ccc1-n1cnnn1. The zero-order valence-corrected chi connectivity index (χ0v) is 14.4. The van der Waals surface area contributed by atoms with Gasteiger partial charge in [-0.1, -0.05) is 5.16 Å². The first-order chi connectivity index (χ1) is 12.0. The highest BCUT2D eigenvalue weighted by Gasteiger charge is 2.18. The lowest BCUT2D eigenvalue weighted by molar-refractivity contribution is 0.249. The van der Waals surface area contributed by atoms with Crippen LogP contribution in [0, 0.1) is 20.8 Å². The number of benzene rings is 1. The van der Waals surface area contributed by atoms with Gasteiger partial charge < -0.3 is 15.2 Å². The minimum atomic E-state index is -0.304. The summed E-state index contributed by atoms with van der Waals surface area (Å²) in [5.41, 5.74) is 4.12. The Labute approximate surface area is 144 Å². The van der Waals surface area contributed by atoms with Crippen molar-refractivity contribution >= 4 is 11.7 Å². The summed E-state index contributed by atoms with van der Waals surface area (Å²) < 4.78 is 6.71. The van der Waals surface area contributed by atoms with Crippen molar-refractivity contribution in [2.24, 2.45) is 0 Å². The van der Waals surface area contributed by atoms with Gasteiger partial charge in [0.25, 0.3) is 0 Å². The van der Waals surface area contributed by atoms with E-state index in [-0.39, 0.29) is 12.1 Å². The Balaban J connectivity index is 1.68. The summed E-state index contributed by atoms with van der Waals surface area (Å²) in [6.45, 7) is 7.49. The lowest BCUT2D eigenvalue weighted by atomic mass is 10.1. The van der Waals surface area contributed by atoms with Crippen LogP contribution in [0.4, 0.5) is 10.5 Å². The van der Waals surface area contributed by atoms with E-state index in [1.807, 2.05) is 39.8 Å². The molecule has 0 saturated carbocycles. The van der Waals surface area contributed by atoms with Crippen molar-refractivity contribution in [3.63, 3.8) is 0 Å². The third kappa shape index (κ3) is 3.49. The molecule has 0 aliphatic rings. The van der Waals surface area contributed by atoms with Crippen LogP contribution in [0.15, 0.2) is 29.0 Å². The second kappa shape index (κ2) is 6.71. The number of aromatic nitrogens is 5. The largest absolute Gasteiger partial charge is 0.361 e. The summed E-state index contributed by atoms with van der Waals surface area (Å²) in [5, 5.41) is 20.7. The van der Waals surface area contributed by atoms with E-state index in [1.54, 1.807) is 10.7 Å². The van der Waals surface area contributed by atoms with E-state index in [4.69, 9.17) is 4.52 Å². The Morgan fingerprint density at radius 2 is 2.08 bits per heavy atom. The third-order valence-corrected chi connectivity index (χ3v) is 3.92. The number of nitrogens with one attached hydrogen (secondary N) is 2. The Bertz CT molecular complexity index is 867. The maximum Gasteiger partial charge on any atom is 0.319 e. The summed E-state index contributed by atoms with van der Waals surface area (Å²) in [6.07, 6.45) is 1.52. The maximum atomic E-state index is 12.3. The molecule has 3 aromatic rings. The summed E-state index contributed by atoms with van der Waals surface area (Å²) >= 11 is 0. The molecule has 9 nitrogen and oxygen atoms in total. The molecular weight excluding hydrogens is 322 g/mol. The number of anilines is 1. The maximum absolute atomic E-state index is 12.3. The molecule has 0 fully saturated rings. The van der Waals surface area contributed by atoms with Gasteiger partial charge in [0, 0.05) is 11.3 Å². The Hall–Kier alpha value is -3.23. The van der Waals surface area contributed by atoms with E-state index < -0.39 is 0 Å². The number of carbonyl (C=O) groups excluding carboxylic acids is 1. The van der Waals surface area contributed by atoms with Gasteiger partial charge >= 0.3 is 6.03 Å². The molecule has 0 aliphatic carbocycles. The Morgan fingerprint density at radius 3 is 2.68 bits per heavy atom. The number of urea groups is 1. The number of hydrogen-bond donors (Lipinski definition) is 2. The molecule has 0 saturated heterocycles. The number of rotatable bonds is 4. The van der Waals surface area contributed by atoms with Crippen molar-refractivity contribution in [1.29, 1.82) is 0 Å². The van der Waals surface area contributed by atoms with Crippen molar-refractivity contribution < 1.29 is 9.32 Å². The van der Waals surface area contributed by atoms with Crippen LogP contribution in [-0.4, -0.2) is 31.4 Å². The monoisotopic (exact) mass is 341 g/mol. The van der Waals surface area contributed by atoms with E-state index in [0.717, 1.165) is 22.5 Å². The molecular formula is C16H19N7O2. The summed E-state index contributed by atoms with van der Waals surface area (Å²) in [7, 11) is 0. The first kappa shape index (κ1) is 16.6. The molecule has 1 unspecified atom stereocenters. The van der Waals surface area contributed by atoms with Gasteiger partial charge in [0.05, 0.1) is 17.4 Å². The van der Waals surface area contributed by atoms with Crippen molar-refractivity contribution in [3.05, 3.63) is 47.1 Å². The van der Waals surface area contributed by atoms with Crippen molar-refractivity contribution in [1.82, 2.24) is 30.7 Å². The van der Waals surface area contributed by atoms with Crippen molar-refractivity contribution in [2.45, 2.75) is 33.7 Å². The van der Waals surface area contributed by atoms with Crippen LogP contribution < -0.4 is 10.6 Å². The molecule has 0 aliphatic heterocycles. The molecule has 0 bridgehead atoms. The van der Waals surface area contributed by atoms with E-state index in [0.29, 0.717) is 11.4 Å². The van der Waals surface area contributed by atoms with Crippen LogP contribution in [-0.2, 0) is 0 Å². The minimum absolute atomic E-state index is 0.215. The second-order valence-electron chi connectivity index (χ2n) is 5.81. The quantitative estimate of drug-likeness (QED) is 0.754. The fraction of sp³-hybridized carbons (Fsp3) is 0.312. The highest BCUT2D eigenvalue weighted by Crippen LogP contribution is 2.21. The molecule has 9 heteroatoms. The summed E-state index contributed by atoms with van der Waals surface area (Å²) in [4.78, 5) is 12.3. The smallest absolute Gasteiger partial charge is 0.319 e. The van der Waals surface area contributed by atoms with Gasteiger partial charge in [0.1, 0.15) is 12.1 Å². The number of hydrogen-bond acceptors (Lipinski definition) is 6. The Morgan fingerprint density at radius 1 is 1.28 bits per heavy atom. The highest BCUT2D eigenvalue weighted by atomic mass is 16.5. The molecule has 25 heavy (non-hydrogen) atoms. The number of tetrazole rings is 1. The van der Waals surface area contributed by atoms with Gasteiger partial charge in [-0.25, -0.2) is 9.48 Å².